The first-order valence-corrected chi connectivity index (χ1v) is 8.38. The lowest BCUT2D eigenvalue weighted by Crippen LogP contribution is -2.21. The Morgan fingerprint density at radius 2 is 1.92 bits per heavy atom. The van der Waals surface area contributed by atoms with Gasteiger partial charge in [0.15, 0.2) is 0 Å². The third kappa shape index (κ3) is 3.91. The molecule has 0 fully saturated rings. The van der Waals surface area contributed by atoms with Crippen molar-refractivity contribution in [3.63, 3.8) is 0 Å². The zero-order valence-corrected chi connectivity index (χ0v) is 15.1. The highest BCUT2D eigenvalue weighted by Gasteiger charge is 2.15. The van der Waals surface area contributed by atoms with Gasteiger partial charge < -0.3 is 15.0 Å². The Bertz CT molecular complexity index is 826. The van der Waals surface area contributed by atoms with Crippen LogP contribution in [-0.2, 0) is 19.1 Å². The second-order valence-corrected chi connectivity index (χ2v) is 7.24. The summed E-state index contributed by atoms with van der Waals surface area (Å²) < 4.78 is 3.79. The van der Waals surface area contributed by atoms with Crippen LogP contribution in [0, 0.1) is 0 Å². The summed E-state index contributed by atoms with van der Waals surface area (Å²) in [7, 11) is 1.87. The van der Waals surface area contributed by atoms with Gasteiger partial charge in [0, 0.05) is 43.4 Å². The number of benzene rings is 1. The molecule has 0 spiro atoms. The maximum absolute atomic E-state index is 10.4. The average Bonchev–Trinajstić information content (AvgIpc) is 3.21. The summed E-state index contributed by atoms with van der Waals surface area (Å²) in [5.41, 5.74) is 2.94. The van der Waals surface area contributed by atoms with Gasteiger partial charge in [-0.25, -0.2) is 4.98 Å². The van der Waals surface area contributed by atoms with Gasteiger partial charge in [-0.15, -0.1) is 0 Å². The van der Waals surface area contributed by atoms with Gasteiger partial charge in [-0.1, -0.05) is 12.1 Å². The fourth-order valence-corrected chi connectivity index (χ4v) is 2.60. The summed E-state index contributed by atoms with van der Waals surface area (Å²) in [5.74, 6) is 0.635. The van der Waals surface area contributed by atoms with Crippen molar-refractivity contribution < 1.29 is 5.11 Å². The van der Waals surface area contributed by atoms with E-state index in [4.69, 9.17) is 0 Å². The molecule has 3 aromatic rings. The van der Waals surface area contributed by atoms with E-state index in [9.17, 15) is 5.11 Å². The van der Waals surface area contributed by atoms with Crippen LogP contribution in [0.3, 0.4) is 0 Å². The van der Waals surface area contributed by atoms with Crippen LogP contribution in [0.2, 0.25) is 0 Å². The van der Waals surface area contributed by atoms with Crippen LogP contribution < -0.4 is 5.32 Å². The molecule has 132 valence electrons. The fraction of sp³-hybridized carbons (Fsp3) is 0.368. The zero-order valence-electron chi connectivity index (χ0n) is 15.1. The second-order valence-electron chi connectivity index (χ2n) is 7.24. The molecule has 0 bridgehead atoms. The Balaban J connectivity index is 1.63. The molecule has 3 rings (SSSR count). The van der Waals surface area contributed by atoms with Gasteiger partial charge in [0.25, 0.3) is 0 Å². The average molecular weight is 339 g/mol. The van der Waals surface area contributed by atoms with Crippen LogP contribution >= 0.6 is 0 Å². The molecule has 0 saturated carbocycles. The van der Waals surface area contributed by atoms with Crippen LogP contribution in [0.4, 0.5) is 5.69 Å². The van der Waals surface area contributed by atoms with Crippen molar-refractivity contribution in [1.82, 2.24) is 19.3 Å². The van der Waals surface area contributed by atoms with E-state index in [1.807, 2.05) is 53.0 Å². The van der Waals surface area contributed by atoms with Gasteiger partial charge in [0.1, 0.15) is 11.9 Å². The van der Waals surface area contributed by atoms with Gasteiger partial charge in [-0.3, -0.25) is 4.68 Å². The predicted molar refractivity (Wildman–Crippen MR) is 98.3 cm³/mol. The molecule has 0 unspecified atom stereocenters. The van der Waals surface area contributed by atoms with Crippen molar-refractivity contribution in [1.29, 1.82) is 0 Å². The Morgan fingerprint density at radius 3 is 2.48 bits per heavy atom. The molecular formula is C19H25N5O. The SMILES string of the molecule is Cn1ccnc1[C@@H](O)c1ccc(NCc2cnn(C(C)(C)C)c2)cc1. The molecule has 2 heterocycles. The quantitative estimate of drug-likeness (QED) is 0.750. The summed E-state index contributed by atoms with van der Waals surface area (Å²) in [6, 6.07) is 7.77. The van der Waals surface area contributed by atoms with Crippen molar-refractivity contribution in [3.8, 4) is 0 Å². The summed E-state index contributed by atoms with van der Waals surface area (Å²) in [6.45, 7) is 7.09. The highest BCUT2D eigenvalue weighted by atomic mass is 16.3. The maximum Gasteiger partial charge on any atom is 0.142 e. The van der Waals surface area contributed by atoms with Crippen LogP contribution in [0.15, 0.2) is 49.1 Å². The topological polar surface area (TPSA) is 67.9 Å². The van der Waals surface area contributed by atoms with Crippen molar-refractivity contribution >= 4 is 5.69 Å². The minimum absolute atomic E-state index is 0.0129. The number of hydrogen-bond acceptors (Lipinski definition) is 4. The van der Waals surface area contributed by atoms with Crippen molar-refractivity contribution in [2.75, 3.05) is 5.32 Å². The lowest BCUT2D eigenvalue weighted by molar-refractivity contribution is 0.206. The summed E-state index contributed by atoms with van der Waals surface area (Å²) in [6.07, 6.45) is 6.74. The first-order valence-electron chi connectivity index (χ1n) is 8.38. The van der Waals surface area contributed by atoms with E-state index in [2.05, 4.69) is 42.4 Å². The van der Waals surface area contributed by atoms with E-state index < -0.39 is 6.10 Å². The standard InChI is InChI=1S/C19H25N5O/c1-19(2,3)24-13-14(12-22-24)11-21-16-7-5-15(6-8-16)17(25)18-20-9-10-23(18)4/h5-10,12-13,17,21,25H,11H2,1-4H3/t17-/m0/s1. The number of anilines is 1. The number of aromatic nitrogens is 4. The molecule has 0 amide bonds. The summed E-state index contributed by atoms with van der Waals surface area (Å²) >= 11 is 0. The number of rotatable bonds is 5. The molecule has 25 heavy (non-hydrogen) atoms. The number of nitrogens with zero attached hydrogens (tertiary/aromatic N) is 4. The van der Waals surface area contributed by atoms with Crippen molar-refractivity contribution in [3.05, 3.63) is 66.0 Å². The summed E-state index contributed by atoms with van der Waals surface area (Å²) in [5, 5.41) is 18.2. The number of nitrogens with one attached hydrogen (secondary N) is 1. The molecule has 2 aromatic heterocycles. The Hall–Kier alpha value is -2.60. The lowest BCUT2D eigenvalue weighted by Gasteiger charge is -2.18. The van der Waals surface area contributed by atoms with Gasteiger partial charge in [0.2, 0.25) is 0 Å². The molecule has 6 heteroatoms. The van der Waals surface area contributed by atoms with Gasteiger partial charge in [-0.05, 0) is 38.5 Å². The van der Waals surface area contributed by atoms with Crippen LogP contribution in [-0.4, -0.2) is 24.4 Å². The van der Waals surface area contributed by atoms with E-state index in [-0.39, 0.29) is 5.54 Å². The third-order valence-electron chi connectivity index (χ3n) is 4.15. The van der Waals surface area contributed by atoms with E-state index >= 15 is 0 Å². The van der Waals surface area contributed by atoms with E-state index in [0.717, 1.165) is 16.8 Å². The number of aliphatic hydroxyl groups is 1. The molecule has 0 radical (unpaired) electrons. The molecule has 6 nitrogen and oxygen atoms in total. The second kappa shape index (κ2) is 6.72. The van der Waals surface area contributed by atoms with Crippen LogP contribution in [0.5, 0.6) is 0 Å². The smallest absolute Gasteiger partial charge is 0.142 e. The molecular weight excluding hydrogens is 314 g/mol. The molecule has 0 aliphatic heterocycles. The highest BCUT2D eigenvalue weighted by Crippen LogP contribution is 2.22. The number of hydrogen-bond donors (Lipinski definition) is 2. The molecule has 0 saturated heterocycles. The first-order chi connectivity index (χ1) is 11.8. The minimum atomic E-state index is -0.723. The van der Waals surface area contributed by atoms with Crippen LogP contribution in [0.1, 0.15) is 43.8 Å². The Morgan fingerprint density at radius 1 is 1.20 bits per heavy atom. The Kier molecular flexibility index (Phi) is 4.63. The van der Waals surface area contributed by atoms with E-state index in [1.165, 1.54) is 0 Å². The monoisotopic (exact) mass is 339 g/mol. The van der Waals surface area contributed by atoms with E-state index in [1.54, 1.807) is 6.20 Å². The molecule has 0 aliphatic rings. The minimum Gasteiger partial charge on any atom is -0.381 e. The normalized spacial score (nSPS) is 13.0. The zero-order chi connectivity index (χ0) is 18.0. The van der Waals surface area contributed by atoms with Crippen molar-refractivity contribution in [2.45, 2.75) is 39.0 Å². The first kappa shape index (κ1) is 17.2. The molecule has 0 aliphatic carbocycles. The highest BCUT2D eigenvalue weighted by molar-refractivity contribution is 5.46. The van der Waals surface area contributed by atoms with Gasteiger partial charge in [0.05, 0.1) is 11.7 Å². The number of imidazole rings is 1. The largest absolute Gasteiger partial charge is 0.381 e. The van der Waals surface area contributed by atoms with E-state index in [0.29, 0.717) is 12.4 Å². The fourth-order valence-electron chi connectivity index (χ4n) is 2.60. The third-order valence-corrected chi connectivity index (χ3v) is 4.15. The van der Waals surface area contributed by atoms with Gasteiger partial charge in [-0.2, -0.15) is 5.10 Å². The van der Waals surface area contributed by atoms with Crippen LogP contribution in [0.25, 0.3) is 0 Å². The van der Waals surface area contributed by atoms with Crippen molar-refractivity contribution in [2.24, 2.45) is 7.05 Å². The van der Waals surface area contributed by atoms with Gasteiger partial charge >= 0.3 is 0 Å². The molecule has 2 N–H and O–H groups in total. The number of aliphatic hydroxyl groups excluding tert-OH is 1. The maximum atomic E-state index is 10.4. The predicted octanol–water partition coefficient (Wildman–Crippen LogP) is 3.07. The molecule has 1 aromatic carbocycles. The summed E-state index contributed by atoms with van der Waals surface area (Å²) in [4.78, 5) is 4.20. The lowest BCUT2D eigenvalue weighted by atomic mass is 10.1. The number of aryl methyl sites for hydroxylation is 1. The molecule has 1 atom stereocenters. The Labute approximate surface area is 148 Å².